The van der Waals surface area contributed by atoms with Crippen LogP contribution in [0.1, 0.15) is 13.8 Å². The van der Waals surface area contributed by atoms with Gasteiger partial charge in [0.15, 0.2) is 5.79 Å². The molecule has 1 aliphatic carbocycles. The lowest BCUT2D eigenvalue weighted by atomic mass is 9.82. The maximum Gasteiger partial charge on any atom is 0.343 e. The van der Waals surface area contributed by atoms with E-state index < -0.39 is 35.7 Å². The molecule has 1 saturated heterocycles. The Hall–Kier alpha value is -0.950. The van der Waals surface area contributed by atoms with Crippen molar-refractivity contribution in [2.45, 2.75) is 43.5 Å². The highest BCUT2D eigenvalue weighted by Crippen LogP contribution is 2.39. The Kier molecular flexibility index (Phi) is 2.78. The summed E-state index contributed by atoms with van der Waals surface area (Å²) in [7, 11) is 1.14. The Bertz CT molecular complexity index is 363. The zero-order valence-electron chi connectivity index (χ0n) is 9.91. The predicted octanol–water partition coefficient (Wildman–Crippen LogP) is -0.659. The molecule has 0 spiro atoms. The highest BCUT2D eigenvalue weighted by atomic mass is 16.8. The van der Waals surface area contributed by atoms with Crippen molar-refractivity contribution in [2.24, 2.45) is 0 Å². The van der Waals surface area contributed by atoms with Gasteiger partial charge in [-0.25, -0.2) is 4.79 Å². The zero-order valence-corrected chi connectivity index (χ0v) is 9.91. The molecule has 2 N–H and O–H groups in total. The summed E-state index contributed by atoms with van der Waals surface area (Å²) >= 11 is 0. The van der Waals surface area contributed by atoms with E-state index in [2.05, 4.69) is 4.74 Å². The molecule has 0 aromatic heterocycles. The summed E-state index contributed by atoms with van der Waals surface area (Å²) in [5, 5.41) is 20.1. The second-order valence-electron chi connectivity index (χ2n) is 4.67. The van der Waals surface area contributed by atoms with E-state index in [0.717, 1.165) is 7.11 Å². The summed E-state index contributed by atoms with van der Waals surface area (Å²) in [5.41, 5.74) is -2.14. The molecule has 2 unspecified atom stereocenters. The first kappa shape index (κ1) is 12.5. The maximum atomic E-state index is 11.7. The molecule has 0 amide bonds. The van der Waals surface area contributed by atoms with Gasteiger partial charge in [-0.15, -0.1) is 0 Å². The van der Waals surface area contributed by atoms with E-state index >= 15 is 0 Å². The van der Waals surface area contributed by atoms with Gasteiger partial charge in [0.1, 0.15) is 18.3 Å². The molecule has 17 heavy (non-hydrogen) atoms. The van der Waals surface area contributed by atoms with Gasteiger partial charge in [0.2, 0.25) is 5.60 Å². The van der Waals surface area contributed by atoms with Crippen molar-refractivity contribution in [3.05, 3.63) is 12.2 Å². The average Bonchev–Trinajstić information content (AvgIpc) is 2.58. The number of aliphatic hydroxyl groups excluding tert-OH is 1. The van der Waals surface area contributed by atoms with Crippen LogP contribution in [-0.2, 0) is 19.0 Å². The van der Waals surface area contributed by atoms with Crippen molar-refractivity contribution in [2.75, 3.05) is 7.11 Å². The molecule has 6 nitrogen and oxygen atoms in total. The van der Waals surface area contributed by atoms with Gasteiger partial charge in [0.05, 0.1) is 7.11 Å². The second kappa shape index (κ2) is 3.78. The van der Waals surface area contributed by atoms with Crippen LogP contribution in [-0.4, -0.2) is 53.0 Å². The number of methoxy groups -OCH3 is 1. The summed E-state index contributed by atoms with van der Waals surface area (Å²) in [6, 6.07) is 0. The van der Waals surface area contributed by atoms with E-state index in [1.807, 2.05) is 0 Å². The fraction of sp³-hybridized carbons (Fsp3) is 0.727. The Morgan fingerprint density at radius 1 is 1.35 bits per heavy atom. The van der Waals surface area contributed by atoms with Crippen LogP contribution in [0, 0.1) is 0 Å². The average molecular weight is 244 g/mol. The van der Waals surface area contributed by atoms with Gasteiger partial charge in [0, 0.05) is 0 Å². The lowest BCUT2D eigenvalue weighted by Gasteiger charge is -2.37. The van der Waals surface area contributed by atoms with Crippen LogP contribution in [0.5, 0.6) is 0 Å². The van der Waals surface area contributed by atoms with E-state index in [9.17, 15) is 15.0 Å². The van der Waals surface area contributed by atoms with Crippen LogP contribution in [0.25, 0.3) is 0 Å². The number of fused-ring (bicyclic) bond motifs is 1. The van der Waals surface area contributed by atoms with E-state index in [1.165, 1.54) is 6.08 Å². The fourth-order valence-electron chi connectivity index (χ4n) is 2.20. The molecule has 2 aliphatic rings. The highest BCUT2D eigenvalue weighted by molar-refractivity contribution is 5.82. The van der Waals surface area contributed by atoms with Gasteiger partial charge in [-0.2, -0.15) is 0 Å². The number of hydrogen-bond donors (Lipinski definition) is 2. The summed E-state index contributed by atoms with van der Waals surface area (Å²) < 4.78 is 15.5. The van der Waals surface area contributed by atoms with Crippen LogP contribution in [0.4, 0.5) is 0 Å². The van der Waals surface area contributed by atoms with Gasteiger partial charge in [-0.05, 0) is 13.8 Å². The van der Waals surface area contributed by atoms with E-state index in [-0.39, 0.29) is 0 Å². The molecule has 1 heterocycles. The molecule has 0 bridgehead atoms. The summed E-state index contributed by atoms with van der Waals surface area (Å²) in [6.45, 7) is 3.34. The molecule has 0 saturated carbocycles. The number of ether oxygens (including phenoxy) is 3. The number of carbonyl (C=O) groups excluding carboxylic acids is 1. The Balaban J connectivity index is 2.38. The lowest BCUT2D eigenvalue weighted by Crippen LogP contribution is -2.62. The maximum absolute atomic E-state index is 11.7. The van der Waals surface area contributed by atoms with Crippen molar-refractivity contribution in [3.63, 3.8) is 0 Å². The Morgan fingerprint density at radius 2 is 2.00 bits per heavy atom. The monoisotopic (exact) mass is 244 g/mol. The predicted molar refractivity (Wildman–Crippen MR) is 55.9 cm³/mol. The van der Waals surface area contributed by atoms with Crippen LogP contribution in [0.2, 0.25) is 0 Å². The van der Waals surface area contributed by atoms with Crippen molar-refractivity contribution in [3.8, 4) is 0 Å². The highest BCUT2D eigenvalue weighted by Gasteiger charge is 2.61. The molecule has 4 atom stereocenters. The SMILES string of the molecule is COC(=O)C1(O)C(O)C=C[C@@H]2OC(C)(C)O[C@@H]21. The standard InChI is InChI=1S/C11H16O6/c1-10(2)16-6-4-5-7(12)11(14,8(6)17-10)9(13)15-3/h4-8,12,14H,1-3H3/t6-,7?,8-,11?/m0/s1. The largest absolute Gasteiger partial charge is 0.467 e. The molecule has 96 valence electrons. The van der Waals surface area contributed by atoms with Crippen molar-refractivity contribution in [1.29, 1.82) is 0 Å². The van der Waals surface area contributed by atoms with E-state index in [0.29, 0.717) is 0 Å². The van der Waals surface area contributed by atoms with Crippen LogP contribution < -0.4 is 0 Å². The third kappa shape index (κ3) is 1.77. The first-order chi connectivity index (χ1) is 7.81. The van der Waals surface area contributed by atoms with Gasteiger partial charge < -0.3 is 24.4 Å². The lowest BCUT2D eigenvalue weighted by molar-refractivity contribution is -0.207. The van der Waals surface area contributed by atoms with Crippen molar-refractivity contribution < 1.29 is 29.2 Å². The van der Waals surface area contributed by atoms with E-state index in [1.54, 1.807) is 19.9 Å². The molecular formula is C11H16O6. The molecule has 2 rings (SSSR count). The third-order valence-electron chi connectivity index (χ3n) is 3.01. The quantitative estimate of drug-likeness (QED) is 0.470. The Morgan fingerprint density at radius 3 is 2.59 bits per heavy atom. The molecule has 1 aliphatic heterocycles. The normalized spacial score (nSPS) is 43.2. The molecule has 6 heteroatoms. The summed E-state index contributed by atoms with van der Waals surface area (Å²) in [5.74, 6) is -1.86. The fourth-order valence-corrected chi connectivity index (χ4v) is 2.20. The van der Waals surface area contributed by atoms with Crippen LogP contribution in [0.15, 0.2) is 12.2 Å². The third-order valence-corrected chi connectivity index (χ3v) is 3.01. The minimum absolute atomic E-state index is 0.586. The smallest absolute Gasteiger partial charge is 0.343 e. The minimum Gasteiger partial charge on any atom is -0.467 e. The number of carbonyl (C=O) groups is 1. The summed E-state index contributed by atoms with van der Waals surface area (Å²) in [6.07, 6.45) is -0.0687. The number of hydrogen-bond acceptors (Lipinski definition) is 6. The number of esters is 1. The van der Waals surface area contributed by atoms with Gasteiger partial charge in [-0.3, -0.25) is 0 Å². The first-order valence-corrected chi connectivity index (χ1v) is 5.34. The summed E-state index contributed by atoms with van der Waals surface area (Å²) in [4.78, 5) is 11.7. The molecule has 0 aromatic carbocycles. The molecule has 0 aromatic rings. The topological polar surface area (TPSA) is 85.2 Å². The van der Waals surface area contributed by atoms with Gasteiger partial charge in [0.25, 0.3) is 0 Å². The second-order valence-corrected chi connectivity index (χ2v) is 4.67. The molecule has 0 radical (unpaired) electrons. The number of rotatable bonds is 1. The number of aliphatic hydroxyl groups is 2. The zero-order chi connectivity index (χ0) is 12.8. The molecular weight excluding hydrogens is 228 g/mol. The van der Waals surface area contributed by atoms with Crippen molar-refractivity contribution in [1.82, 2.24) is 0 Å². The van der Waals surface area contributed by atoms with Gasteiger partial charge in [-0.1, -0.05) is 12.2 Å². The first-order valence-electron chi connectivity index (χ1n) is 5.34. The van der Waals surface area contributed by atoms with E-state index in [4.69, 9.17) is 9.47 Å². The Labute approximate surface area is 98.8 Å². The van der Waals surface area contributed by atoms with Crippen molar-refractivity contribution >= 4 is 5.97 Å². The molecule has 1 fully saturated rings. The minimum atomic E-state index is -2.14. The van der Waals surface area contributed by atoms with Gasteiger partial charge >= 0.3 is 5.97 Å². The van der Waals surface area contributed by atoms with Crippen LogP contribution >= 0.6 is 0 Å². The van der Waals surface area contributed by atoms with Crippen LogP contribution in [0.3, 0.4) is 0 Å².